The lowest BCUT2D eigenvalue weighted by Gasteiger charge is -2.10. The minimum atomic E-state index is -4.69. The number of nitrogens with one attached hydrogen (secondary N) is 1. The zero-order valence-corrected chi connectivity index (χ0v) is 13.2. The fourth-order valence-electron chi connectivity index (χ4n) is 2.74. The molecule has 0 aliphatic carbocycles. The molecular weight excluding hydrogens is 323 g/mol. The quantitative estimate of drug-likeness (QED) is 0.819. The van der Waals surface area contributed by atoms with Crippen molar-refractivity contribution in [2.45, 2.75) is 26.1 Å². The smallest absolute Gasteiger partial charge is 0.406 e. The third-order valence-corrected chi connectivity index (χ3v) is 3.74. The Balaban J connectivity index is 1.83. The third-order valence-electron chi connectivity index (χ3n) is 3.74. The van der Waals surface area contributed by atoms with E-state index in [0.29, 0.717) is 25.3 Å². The highest BCUT2D eigenvalue weighted by molar-refractivity contribution is 5.57. The number of ether oxygens (including phenoxy) is 2. The number of hydrogen-bond donors (Lipinski definition) is 1. The molecule has 0 atom stereocenters. The average molecular weight is 341 g/mol. The fourth-order valence-corrected chi connectivity index (χ4v) is 2.74. The van der Waals surface area contributed by atoms with Gasteiger partial charge in [0.05, 0.1) is 18.0 Å². The van der Waals surface area contributed by atoms with Gasteiger partial charge >= 0.3 is 6.36 Å². The van der Waals surface area contributed by atoms with Crippen LogP contribution < -0.4 is 10.1 Å². The van der Waals surface area contributed by atoms with Crippen LogP contribution in [-0.2, 0) is 17.6 Å². The molecule has 0 radical (unpaired) electrons. The summed E-state index contributed by atoms with van der Waals surface area (Å²) < 4.78 is 47.7. The summed E-state index contributed by atoms with van der Waals surface area (Å²) in [7, 11) is 0. The van der Waals surface area contributed by atoms with Crippen molar-refractivity contribution in [1.82, 2.24) is 9.78 Å². The molecule has 0 saturated carbocycles. The standard InChI is InChI=1S/C16H18F3N3O2/c1-2-23-10-8-14-13-7-9-20-15(13)22(21-14)11-3-5-12(6-4-11)24-16(17,18)19/h3-6,20H,2,7-10H2,1H3. The van der Waals surface area contributed by atoms with Crippen LogP contribution in [0, 0.1) is 0 Å². The Hall–Kier alpha value is -2.22. The average Bonchev–Trinajstić information content (AvgIpc) is 3.10. The lowest BCUT2D eigenvalue weighted by Crippen LogP contribution is -2.17. The predicted octanol–water partition coefficient (Wildman–Crippen LogP) is 3.32. The molecule has 1 aliphatic heterocycles. The number of anilines is 1. The van der Waals surface area contributed by atoms with E-state index in [4.69, 9.17) is 4.74 Å². The highest BCUT2D eigenvalue weighted by atomic mass is 19.4. The van der Waals surface area contributed by atoms with E-state index in [1.54, 1.807) is 16.8 Å². The first kappa shape index (κ1) is 16.6. The molecule has 1 aromatic carbocycles. The van der Waals surface area contributed by atoms with Crippen molar-refractivity contribution in [1.29, 1.82) is 0 Å². The third kappa shape index (κ3) is 3.64. The van der Waals surface area contributed by atoms with Gasteiger partial charge in [0.1, 0.15) is 11.6 Å². The molecule has 24 heavy (non-hydrogen) atoms. The lowest BCUT2D eigenvalue weighted by atomic mass is 10.1. The van der Waals surface area contributed by atoms with Gasteiger partial charge in [-0.05, 0) is 37.6 Å². The van der Waals surface area contributed by atoms with Crippen molar-refractivity contribution in [2.75, 3.05) is 25.1 Å². The Morgan fingerprint density at radius 2 is 2.00 bits per heavy atom. The number of hydrogen-bond acceptors (Lipinski definition) is 4. The molecule has 0 fully saturated rings. The van der Waals surface area contributed by atoms with E-state index in [2.05, 4.69) is 15.2 Å². The van der Waals surface area contributed by atoms with Gasteiger partial charge in [-0.2, -0.15) is 5.10 Å². The minimum absolute atomic E-state index is 0.250. The summed E-state index contributed by atoms with van der Waals surface area (Å²) in [6.45, 7) is 4.01. The highest BCUT2D eigenvalue weighted by Crippen LogP contribution is 2.30. The molecule has 1 aromatic heterocycles. The van der Waals surface area contributed by atoms with Gasteiger partial charge in [0.25, 0.3) is 0 Å². The molecule has 3 rings (SSSR count). The molecule has 0 saturated heterocycles. The molecule has 0 spiro atoms. The Kier molecular flexibility index (Phi) is 4.66. The Bertz CT molecular complexity index is 696. The maximum atomic E-state index is 12.2. The van der Waals surface area contributed by atoms with Gasteiger partial charge in [0, 0.05) is 25.1 Å². The second kappa shape index (κ2) is 6.72. The van der Waals surface area contributed by atoms with E-state index in [9.17, 15) is 13.2 Å². The van der Waals surface area contributed by atoms with Crippen molar-refractivity contribution >= 4 is 5.82 Å². The minimum Gasteiger partial charge on any atom is -0.406 e. The maximum absolute atomic E-state index is 12.2. The molecule has 2 heterocycles. The zero-order chi connectivity index (χ0) is 17.2. The van der Waals surface area contributed by atoms with E-state index < -0.39 is 6.36 Å². The Morgan fingerprint density at radius 1 is 1.25 bits per heavy atom. The number of alkyl halides is 3. The SMILES string of the molecule is CCOCCc1nn(-c2ccc(OC(F)(F)F)cc2)c2c1CCN2. The van der Waals surface area contributed by atoms with E-state index in [1.807, 2.05) is 6.92 Å². The van der Waals surface area contributed by atoms with E-state index in [0.717, 1.165) is 30.0 Å². The van der Waals surface area contributed by atoms with Crippen LogP contribution in [0.2, 0.25) is 0 Å². The molecule has 130 valence electrons. The fraction of sp³-hybridized carbons (Fsp3) is 0.438. The van der Waals surface area contributed by atoms with Gasteiger partial charge in [-0.15, -0.1) is 13.2 Å². The first-order chi connectivity index (χ1) is 11.5. The molecule has 0 unspecified atom stereocenters. The van der Waals surface area contributed by atoms with Crippen LogP contribution in [0.5, 0.6) is 5.75 Å². The molecule has 0 bridgehead atoms. The number of nitrogens with zero attached hydrogens (tertiary/aromatic N) is 2. The second-order valence-corrected chi connectivity index (χ2v) is 5.35. The monoisotopic (exact) mass is 341 g/mol. The van der Waals surface area contributed by atoms with E-state index in [-0.39, 0.29) is 5.75 Å². The van der Waals surface area contributed by atoms with Crippen LogP contribution in [0.3, 0.4) is 0 Å². The van der Waals surface area contributed by atoms with Crippen LogP contribution in [0.1, 0.15) is 18.2 Å². The summed E-state index contributed by atoms with van der Waals surface area (Å²) in [6.07, 6.45) is -3.10. The maximum Gasteiger partial charge on any atom is 0.573 e. The lowest BCUT2D eigenvalue weighted by molar-refractivity contribution is -0.274. The second-order valence-electron chi connectivity index (χ2n) is 5.35. The zero-order valence-electron chi connectivity index (χ0n) is 13.2. The number of fused-ring (bicyclic) bond motifs is 1. The van der Waals surface area contributed by atoms with Gasteiger partial charge in [-0.25, -0.2) is 4.68 Å². The number of benzene rings is 1. The number of halogens is 3. The summed E-state index contributed by atoms with van der Waals surface area (Å²) in [5, 5.41) is 7.87. The van der Waals surface area contributed by atoms with Gasteiger partial charge in [-0.3, -0.25) is 0 Å². The summed E-state index contributed by atoms with van der Waals surface area (Å²) in [5.74, 6) is 0.644. The van der Waals surface area contributed by atoms with Gasteiger partial charge in [0.2, 0.25) is 0 Å². The van der Waals surface area contributed by atoms with E-state index >= 15 is 0 Å². The largest absolute Gasteiger partial charge is 0.573 e. The molecule has 0 amide bonds. The summed E-state index contributed by atoms with van der Waals surface area (Å²) in [4.78, 5) is 0. The normalized spacial score (nSPS) is 13.7. The van der Waals surface area contributed by atoms with Gasteiger partial charge in [-0.1, -0.05) is 0 Å². The Labute approximate surface area is 137 Å². The summed E-state index contributed by atoms with van der Waals surface area (Å²) >= 11 is 0. The van der Waals surface area contributed by atoms with E-state index in [1.165, 1.54) is 12.1 Å². The first-order valence-electron chi connectivity index (χ1n) is 7.76. The summed E-state index contributed by atoms with van der Waals surface area (Å²) in [5.41, 5.74) is 2.78. The van der Waals surface area contributed by atoms with Crippen molar-refractivity contribution < 1.29 is 22.6 Å². The van der Waals surface area contributed by atoms with Crippen molar-refractivity contribution in [3.05, 3.63) is 35.5 Å². The first-order valence-corrected chi connectivity index (χ1v) is 7.76. The van der Waals surface area contributed by atoms with Crippen LogP contribution in [0.25, 0.3) is 5.69 Å². The number of rotatable bonds is 6. The molecule has 5 nitrogen and oxygen atoms in total. The topological polar surface area (TPSA) is 48.3 Å². The van der Waals surface area contributed by atoms with Crippen molar-refractivity contribution in [3.63, 3.8) is 0 Å². The van der Waals surface area contributed by atoms with Crippen LogP contribution in [0.4, 0.5) is 19.0 Å². The molecule has 2 aromatic rings. The van der Waals surface area contributed by atoms with Crippen molar-refractivity contribution in [3.8, 4) is 11.4 Å². The van der Waals surface area contributed by atoms with Crippen LogP contribution in [0.15, 0.2) is 24.3 Å². The van der Waals surface area contributed by atoms with Gasteiger partial charge < -0.3 is 14.8 Å². The van der Waals surface area contributed by atoms with Crippen LogP contribution >= 0.6 is 0 Å². The number of aromatic nitrogens is 2. The molecule has 1 N–H and O–H groups in total. The molecular formula is C16H18F3N3O2. The summed E-state index contributed by atoms with van der Waals surface area (Å²) in [6, 6.07) is 5.68. The molecule has 1 aliphatic rings. The molecule has 8 heteroatoms. The van der Waals surface area contributed by atoms with Crippen LogP contribution in [-0.4, -0.2) is 35.9 Å². The highest BCUT2D eigenvalue weighted by Gasteiger charge is 2.31. The predicted molar refractivity (Wildman–Crippen MR) is 82.6 cm³/mol. The Morgan fingerprint density at radius 3 is 2.67 bits per heavy atom. The van der Waals surface area contributed by atoms with Gasteiger partial charge in [0.15, 0.2) is 0 Å². The van der Waals surface area contributed by atoms with Crippen molar-refractivity contribution in [2.24, 2.45) is 0 Å².